The largest absolute Gasteiger partial charge is 0.370 e. The maximum absolute atomic E-state index is 4.39. The Morgan fingerprint density at radius 3 is 3.06 bits per heavy atom. The van der Waals surface area contributed by atoms with Crippen LogP contribution in [0, 0.1) is 12.8 Å². The maximum atomic E-state index is 4.39. The number of nitrogens with zero attached hydrogens (tertiary/aromatic N) is 2. The lowest BCUT2D eigenvalue weighted by Crippen LogP contribution is -2.16. The highest BCUT2D eigenvalue weighted by molar-refractivity contribution is 9.10. The van der Waals surface area contributed by atoms with E-state index in [1.807, 2.05) is 6.20 Å². The number of likely N-dealkylation sites (tertiary alicyclic amines) is 1. The quantitative estimate of drug-likeness (QED) is 0.926. The van der Waals surface area contributed by atoms with Crippen molar-refractivity contribution in [2.24, 2.45) is 5.92 Å². The fraction of sp³-hybridized carbons (Fsp3) is 0.615. The van der Waals surface area contributed by atoms with Crippen LogP contribution in [0.15, 0.2) is 16.7 Å². The zero-order chi connectivity index (χ0) is 12.3. The Balaban J connectivity index is 1.78. The molecule has 1 aromatic heterocycles. The molecule has 0 spiro atoms. The van der Waals surface area contributed by atoms with Gasteiger partial charge in [-0.15, -0.1) is 0 Å². The van der Waals surface area contributed by atoms with E-state index in [4.69, 9.17) is 0 Å². The van der Waals surface area contributed by atoms with Crippen LogP contribution in [0.3, 0.4) is 0 Å². The molecule has 1 aromatic rings. The van der Waals surface area contributed by atoms with Gasteiger partial charge in [-0.25, -0.2) is 4.98 Å². The first-order valence-electron chi connectivity index (χ1n) is 6.19. The van der Waals surface area contributed by atoms with Gasteiger partial charge in [0, 0.05) is 23.8 Å². The molecule has 1 saturated heterocycles. The number of pyridine rings is 1. The average molecular weight is 298 g/mol. The molecule has 3 nitrogen and oxygen atoms in total. The van der Waals surface area contributed by atoms with Gasteiger partial charge in [0.05, 0.1) is 0 Å². The fourth-order valence-electron chi connectivity index (χ4n) is 2.38. The van der Waals surface area contributed by atoms with Gasteiger partial charge in [-0.2, -0.15) is 0 Å². The standard InChI is InChI=1S/C13H20BrN3/c1-10-7-12(14)8-16-13(10)15-5-3-11-4-6-17(2)9-11/h7-8,11H,3-6,9H2,1-2H3,(H,15,16). The van der Waals surface area contributed by atoms with Gasteiger partial charge in [0.25, 0.3) is 0 Å². The Morgan fingerprint density at radius 2 is 2.41 bits per heavy atom. The van der Waals surface area contributed by atoms with Crippen molar-refractivity contribution >= 4 is 21.7 Å². The summed E-state index contributed by atoms with van der Waals surface area (Å²) in [6, 6.07) is 2.10. The second-order valence-corrected chi connectivity index (χ2v) is 5.87. The van der Waals surface area contributed by atoms with Gasteiger partial charge < -0.3 is 10.2 Å². The Hall–Kier alpha value is -0.610. The molecule has 1 aliphatic rings. The van der Waals surface area contributed by atoms with E-state index in [0.717, 1.165) is 22.8 Å². The van der Waals surface area contributed by atoms with Crippen molar-refractivity contribution in [3.63, 3.8) is 0 Å². The van der Waals surface area contributed by atoms with Crippen LogP contribution in [0.2, 0.25) is 0 Å². The minimum atomic E-state index is 0.850. The lowest BCUT2D eigenvalue weighted by atomic mass is 10.1. The van der Waals surface area contributed by atoms with Crippen LogP contribution in [-0.2, 0) is 0 Å². The topological polar surface area (TPSA) is 28.2 Å². The third-order valence-corrected chi connectivity index (χ3v) is 3.81. The van der Waals surface area contributed by atoms with Crippen LogP contribution in [0.5, 0.6) is 0 Å². The number of aryl methyl sites for hydroxylation is 1. The Bertz CT molecular complexity index is 381. The molecule has 0 amide bonds. The van der Waals surface area contributed by atoms with Crippen LogP contribution in [0.4, 0.5) is 5.82 Å². The highest BCUT2D eigenvalue weighted by atomic mass is 79.9. The molecule has 1 N–H and O–H groups in total. The Kier molecular flexibility index (Phi) is 4.40. The Morgan fingerprint density at radius 1 is 1.59 bits per heavy atom. The van der Waals surface area contributed by atoms with Crippen LogP contribution < -0.4 is 5.32 Å². The van der Waals surface area contributed by atoms with Gasteiger partial charge in [-0.05, 0) is 66.8 Å². The molecule has 0 radical (unpaired) electrons. The van der Waals surface area contributed by atoms with Crippen molar-refractivity contribution in [2.75, 3.05) is 32.0 Å². The van der Waals surface area contributed by atoms with Crippen molar-refractivity contribution in [1.29, 1.82) is 0 Å². The van der Waals surface area contributed by atoms with E-state index in [1.54, 1.807) is 0 Å². The monoisotopic (exact) mass is 297 g/mol. The van der Waals surface area contributed by atoms with Gasteiger partial charge >= 0.3 is 0 Å². The van der Waals surface area contributed by atoms with E-state index in [0.29, 0.717) is 0 Å². The van der Waals surface area contributed by atoms with Gasteiger partial charge in [-0.1, -0.05) is 0 Å². The number of rotatable bonds is 4. The Labute approximate surface area is 112 Å². The second-order valence-electron chi connectivity index (χ2n) is 4.95. The molecule has 1 fully saturated rings. The molecule has 1 atom stereocenters. The van der Waals surface area contributed by atoms with Crippen LogP contribution in [0.1, 0.15) is 18.4 Å². The van der Waals surface area contributed by atoms with Gasteiger partial charge in [-0.3, -0.25) is 0 Å². The van der Waals surface area contributed by atoms with Crippen molar-refractivity contribution in [2.45, 2.75) is 19.8 Å². The van der Waals surface area contributed by atoms with E-state index < -0.39 is 0 Å². The number of nitrogens with one attached hydrogen (secondary N) is 1. The molecule has 2 heterocycles. The summed E-state index contributed by atoms with van der Waals surface area (Å²) in [5.41, 5.74) is 1.20. The summed E-state index contributed by atoms with van der Waals surface area (Å²) in [6.07, 6.45) is 4.42. The van der Waals surface area contributed by atoms with Crippen molar-refractivity contribution < 1.29 is 0 Å². The van der Waals surface area contributed by atoms with E-state index in [2.05, 4.69) is 51.2 Å². The lowest BCUT2D eigenvalue weighted by Gasteiger charge is -2.12. The number of halogens is 1. The number of anilines is 1. The number of hydrogen-bond donors (Lipinski definition) is 1. The normalized spacial score (nSPS) is 20.8. The summed E-state index contributed by atoms with van der Waals surface area (Å²) in [5, 5.41) is 3.43. The fourth-order valence-corrected chi connectivity index (χ4v) is 2.83. The molecular weight excluding hydrogens is 278 g/mol. The lowest BCUT2D eigenvalue weighted by molar-refractivity contribution is 0.390. The minimum Gasteiger partial charge on any atom is -0.370 e. The molecule has 2 rings (SSSR count). The summed E-state index contributed by atoms with van der Waals surface area (Å²) in [5.74, 6) is 1.86. The SMILES string of the molecule is Cc1cc(Br)cnc1NCCC1CCN(C)C1. The molecule has 0 bridgehead atoms. The summed E-state index contributed by atoms with van der Waals surface area (Å²) in [4.78, 5) is 6.80. The maximum Gasteiger partial charge on any atom is 0.128 e. The highest BCUT2D eigenvalue weighted by Gasteiger charge is 2.18. The molecule has 1 aliphatic heterocycles. The van der Waals surface area contributed by atoms with Gasteiger partial charge in [0.2, 0.25) is 0 Å². The summed E-state index contributed by atoms with van der Waals surface area (Å²) in [7, 11) is 2.20. The van der Waals surface area contributed by atoms with E-state index in [-0.39, 0.29) is 0 Å². The summed E-state index contributed by atoms with van der Waals surface area (Å²) >= 11 is 3.43. The van der Waals surface area contributed by atoms with Crippen LogP contribution in [-0.4, -0.2) is 36.6 Å². The smallest absolute Gasteiger partial charge is 0.128 e. The van der Waals surface area contributed by atoms with Crippen molar-refractivity contribution in [3.8, 4) is 0 Å². The highest BCUT2D eigenvalue weighted by Crippen LogP contribution is 2.19. The number of aromatic nitrogens is 1. The molecule has 0 aromatic carbocycles. The molecule has 94 valence electrons. The third-order valence-electron chi connectivity index (χ3n) is 3.38. The predicted molar refractivity (Wildman–Crippen MR) is 75.4 cm³/mol. The molecule has 0 saturated carbocycles. The first-order valence-corrected chi connectivity index (χ1v) is 6.99. The van der Waals surface area contributed by atoms with Gasteiger partial charge in [0.15, 0.2) is 0 Å². The second kappa shape index (κ2) is 5.83. The molecule has 17 heavy (non-hydrogen) atoms. The van der Waals surface area contributed by atoms with E-state index >= 15 is 0 Å². The first-order chi connectivity index (χ1) is 8.15. The zero-order valence-corrected chi connectivity index (χ0v) is 12.1. The first kappa shape index (κ1) is 12.8. The number of hydrogen-bond acceptors (Lipinski definition) is 3. The molecular formula is C13H20BrN3. The van der Waals surface area contributed by atoms with Crippen LogP contribution in [0.25, 0.3) is 0 Å². The van der Waals surface area contributed by atoms with Crippen molar-refractivity contribution in [1.82, 2.24) is 9.88 Å². The predicted octanol–water partition coefficient (Wildman–Crippen LogP) is 2.91. The average Bonchev–Trinajstić information content (AvgIpc) is 2.68. The zero-order valence-electron chi connectivity index (χ0n) is 10.5. The van der Waals surface area contributed by atoms with Gasteiger partial charge in [0.1, 0.15) is 5.82 Å². The van der Waals surface area contributed by atoms with E-state index in [1.165, 1.54) is 31.5 Å². The summed E-state index contributed by atoms with van der Waals surface area (Å²) in [6.45, 7) is 5.60. The molecule has 1 unspecified atom stereocenters. The molecule has 0 aliphatic carbocycles. The van der Waals surface area contributed by atoms with Crippen molar-refractivity contribution in [3.05, 3.63) is 22.3 Å². The minimum absolute atomic E-state index is 0.850. The third kappa shape index (κ3) is 3.68. The van der Waals surface area contributed by atoms with E-state index in [9.17, 15) is 0 Å². The van der Waals surface area contributed by atoms with Crippen LogP contribution >= 0.6 is 15.9 Å². The molecule has 4 heteroatoms. The summed E-state index contributed by atoms with van der Waals surface area (Å²) < 4.78 is 1.04.